The predicted octanol–water partition coefficient (Wildman–Crippen LogP) is 4.24. The first kappa shape index (κ1) is 18.2. The minimum absolute atomic E-state index is 0.127. The van der Waals surface area contributed by atoms with Crippen LogP contribution in [0.25, 0.3) is 5.65 Å². The third-order valence-corrected chi connectivity index (χ3v) is 4.38. The Kier molecular flexibility index (Phi) is 4.85. The Morgan fingerprint density at radius 2 is 1.69 bits per heavy atom. The Morgan fingerprint density at radius 1 is 1.00 bits per heavy atom. The summed E-state index contributed by atoms with van der Waals surface area (Å²) in [5.41, 5.74) is 1.83. The highest BCUT2D eigenvalue weighted by molar-refractivity contribution is 5.46. The summed E-state index contributed by atoms with van der Waals surface area (Å²) >= 11 is 0. The van der Waals surface area contributed by atoms with Gasteiger partial charge in [-0.2, -0.15) is 4.52 Å². The normalized spacial score (nSPS) is 13.2. The number of ether oxygens (including phenoxy) is 1. The van der Waals surface area contributed by atoms with Crippen LogP contribution in [0, 0.1) is 5.92 Å². The van der Waals surface area contributed by atoms with E-state index in [0.29, 0.717) is 5.92 Å². The second-order valence-corrected chi connectivity index (χ2v) is 7.90. The molecular weight excluding hydrogens is 326 g/mol. The molecule has 1 unspecified atom stereocenters. The molecule has 0 saturated heterocycles. The summed E-state index contributed by atoms with van der Waals surface area (Å²) in [5.74, 6) is 2.90. The summed E-state index contributed by atoms with van der Waals surface area (Å²) in [6.07, 6.45) is 0. The van der Waals surface area contributed by atoms with E-state index in [1.54, 1.807) is 7.11 Å². The van der Waals surface area contributed by atoms with Gasteiger partial charge in [0, 0.05) is 5.41 Å². The molecule has 1 atom stereocenters. The fourth-order valence-corrected chi connectivity index (χ4v) is 2.94. The topological polar surface area (TPSA) is 64.3 Å². The van der Waals surface area contributed by atoms with Crippen LogP contribution in [0.4, 0.5) is 5.82 Å². The molecule has 6 heteroatoms. The second-order valence-electron chi connectivity index (χ2n) is 7.90. The molecule has 26 heavy (non-hydrogen) atoms. The number of benzene rings is 1. The van der Waals surface area contributed by atoms with Crippen molar-refractivity contribution in [3.63, 3.8) is 0 Å². The lowest BCUT2D eigenvalue weighted by Gasteiger charge is -2.24. The fourth-order valence-electron chi connectivity index (χ4n) is 2.94. The Balaban J connectivity index is 1.93. The Hall–Kier alpha value is -2.63. The number of rotatable bonds is 5. The van der Waals surface area contributed by atoms with Crippen LogP contribution in [0.3, 0.4) is 0 Å². The van der Waals surface area contributed by atoms with Gasteiger partial charge < -0.3 is 10.1 Å². The highest BCUT2D eigenvalue weighted by Gasteiger charge is 2.22. The smallest absolute Gasteiger partial charge is 0.178 e. The first-order valence-electron chi connectivity index (χ1n) is 8.93. The molecule has 0 bridgehead atoms. The Morgan fingerprint density at radius 3 is 2.27 bits per heavy atom. The van der Waals surface area contributed by atoms with E-state index in [1.807, 2.05) is 28.8 Å². The molecule has 0 aliphatic rings. The van der Waals surface area contributed by atoms with Gasteiger partial charge in [-0.3, -0.25) is 0 Å². The molecule has 0 spiro atoms. The average Bonchev–Trinajstić information content (AvgIpc) is 3.03. The first-order chi connectivity index (χ1) is 12.3. The molecule has 2 aromatic heterocycles. The lowest BCUT2D eigenvalue weighted by Crippen LogP contribution is -2.20. The summed E-state index contributed by atoms with van der Waals surface area (Å²) in [5, 5.41) is 16.8. The van der Waals surface area contributed by atoms with Crippen molar-refractivity contribution in [2.75, 3.05) is 12.4 Å². The van der Waals surface area contributed by atoms with Crippen molar-refractivity contribution in [3.05, 3.63) is 47.8 Å². The molecule has 0 saturated carbocycles. The second kappa shape index (κ2) is 6.94. The van der Waals surface area contributed by atoms with E-state index in [9.17, 15) is 0 Å². The van der Waals surface area contributed by atoms with E-state index >= 15 is 0 Å². The molecule has 0 radical (unpaired) electrons. The molecule has 138 valence electrons. The minimum atomic E-state index is -0.127. The van der Waals surface area contributed by atoms with Gasteiger partial charge in [-0.15, -0.1) is 15.3 Å². The summed E-state index contributed by atoms with van der Waals surface area (Å²) < 4.78 is 7.09. The minimum Gasteiger partial charge on any atom is -0.497 e. The number of methoxy groups -OCH3 is 1. The lowest BCUT2D eigenvalue weighted by atomic mass is 9.96. The van der Waals surface area contributed by atoms with Gasteiger partial charge in [0.05, 0.1) is 13.2 Å². The van der Waals surface area contributed by atoms with Gasteiger partial charge in [-0.1, -0.05) is 46.8 Å². The molecule has 0 amide bonds. The zero-order valence-corrected chi connectivity index (χ0v) is 16.3. The number of hydrogen-bond acceptors (Lipinski definition) is 5. The lowest BCUT2D eigenvalue weighted by molar-refractivity contribution is 0.414. The van der Waals surface area contributed by atoms with Gasteiger partial charge >= 0.3 is 0 Å². The maximum atomic E-state index is 5.26. The van der Waals surface area contributed by atoms with Crippen molar-refractivity contribution in [1.82, 2.24) is 19.8 Å². The first-order valence-corrected chi connectivity index (χ1v) is 8.93. The zero-order valence-electron chi connectivity index (χ0n) is 16.3. The predicted molar refractivity (Wildman–Crippen MR) is 104 cm³/mol. The van der Waals surface area contributed by atoms with Crippen LogP contribution in [0.1, 0.15) is 52.0 Å². The molecule has 0 aliphatic heterocycles. The van der Waals surface area contributed by atoms with Crippen LogP contribution in [0.15, 0.2) is 36.4 Å². The summed E-state index contributed by atoms with van der Waals surface area (Å²) in [6, 6.07) is 12.2. The average molecular weight is 353 g/mol. The van der Waals surface area contributed by atoms with E-state index in [4.69, 9.17) is 9.84 Å². The van der Waals surface area contributed by atoms with Crippen molar-refractivity contribution in [2.45, 2.75) is 46.1 Å². The third-order valence-electron chi connectivity index (χ3n) is 4.38. The number of hydrogen-bond donors (Lipinski definition) is 1. The van der Waals surface area contributed by atoms with Crippen molar-refractivity contribution in [3.8, 4) is 5.75 Å². The largest absolute Gasteiger partial charge is 0.497 e. The molecule has 0 fully saturated rings. The fraction of sp³-hybridized carbons (Fsp3) is 0.450. The Labute approximate surface area is 154 Å². The molecule has 3 rings (SSSR count). The number of nitrogens with one attached hydrogen (secondary N) is 1. The van der Waals surface area contributed by atoms with Gasteiger partial charge in [0.1, 0.15) is 11.6 Å². The summed E-state index contributed by atoms with van der Waals surface area (Å²) in [6.45, 7) is 10.7. The molecule has 1 N–H and O–H groups in total. The van der Waals surface area contributed by atoms with Gasteiger partial charge in [-0.05, 0) is 35.7 Å². The summed E-state index contributed by atoms with van der Waals surface area (Å²) in [4.78, 5) is 0. The van der Waals surface area contributed by atoms with Crippen molar-refractivity contribution >= 4 is 11.5 Å². The van der Waals surface area contributed by atoms with Crippen LogP contribution in [-0.4, -0.2) is 26.9 Å². The zero-order chi connectivity index (χ0) is 18.9. The van der Waals surface area contributed by atoms with Crippen LogP contribution >= 0.6 is 0 Å². The summed E-state index contributed by atoms with van der Waals surface area (Å²) in [7, 11) is 1.68. The quantitative estimate of drug-likeness (QED) is 0.743. The maximum Gasteiger partial charge on any atom is 0.178 e. The molecule has 1 aromatic carbocycles. The SMILES string of the molecule is COc1ccc(C(Nc2ccc3nnc(C(C)(C)C)n3n2)C(C)C)cc1. The molecule has 0 aliphatic carbocycles. The maximum absolute atomic E-state index is 5.26. The number of aromatic nitrogens is 4. The van der Waals surface area contributed by atoms with Gasteiger partial charge in [0.25, 0.3) is 0 Å². The number of anilines is 1. The highest BCUT2D eigenvalue weighted by Crippen LogP contribution is 2.28. The van der Waals surface area contributed by atoms with E-state index in [-0.39, 0.29) is 11.5 Å². The van der Waals surface area contributed by atoms with E-state index < -0.39 is 0 Å². The standard InChI is InChI=1S/C20H27N5O/c1-13(2)18(14-7-9-15(26-6)10-8-14)21-16-11-12-17-22-23-19(20(3,4)5)25(17)24-16/h7-13,18H,1-6H3,(H,21,24). The van der Waals surface area contributed by atoms with Crippen molar-refractivity contribution in [2.24, 2.45) is 5.92 Å². The molecule has 2 heterocycles. The van der Waals surface area contributed by atoms with Gasteiger partial charge in [0.2, 0.25) is 0 Å². The molecule has 6 nitrogen and oxygen atoms in total. The van der Waals surface area contributed by atoms with Crippen LogP contribution in [0.2, 0.25) is 0 Å². The van der Waals surface area contributed by atoms with Gasteiger partial charge in [-0.25, -0.2) is 0 Å². The van der Waals surface area contributed by atoms with E-state index in [2.05, 4.69) is 62.3 Å². The molecule has 3 aromatic rings. The number of fused-ring (bicyclic) bond motifs is 1. The highest BCUT2D eigenvalue weighted by atomic mass is 16.5. The van der Waals surface area contributed by atoms with Crippen molar-refractivity contribution in [1.29, 1.82) is 0 Å². The Bertz CT molecular complexity index is 877. The molecular formula is C20H27N5O. The van der Waals surface area contributed by atoms with Crippen LogP contribution < -0.4 is 10.1 Å². The van der Waals surface area contributed by atoms with E-state index in [1.165, 1.54) is 5.56 Å². The third kappa shape index (κ3) is 3.64. The monoisotopic (exact) mass is 353 g/mol. The van der Waals surface area contributed by atoms with Crippen molar-refractivity contribution < 1.29 is 4.74 Å². The number of nitrogens with zero attached hydrogens (tertiary/aromatic N) is 4. The van der Waals surface area contributed by atoms with Crippen LogP contribution in [0.5, 0.6) is 5.75 Å². The van der Waals surface area contributed by atoms with E-state index in [0.717, 1.165) is 23.0 Å². The van der Waals surface area contributed by atoms with Gasteiger partial charge in [0.15, 0.2) is 11.5 Å². The van der Waals surface area contributed by atoms with Crippen LogP contribution in [-0.2, 0) is 5.41 Å².